The van der Waals surface area contributed by atoms with E-state index in [1.165, 1.54) is 6.07 Å². The summed E-state index contributed by atoms with van der Waals surface area (Å²) in [5.41, 5.74) is 0.556. The lowest BCUT2D eigenvalue weighted by molar-refractivity contribution is -0.120. The highest BCUT2D eigenvalue weighted by molar-refractivity contribution is 5.79. The molecule has 104 valence electrons. The molecule has 0 unspecified atom stereocenters. The van der Waals surface area contributed by atoms with Crippen LogP contribution in [0, 0.1) is 11.6 Å². The monoisotopic (exact) mass is 277 g/mol. The zero-order chi connectivity index (χ0) is 14.5. The van der Waals surface area contributed by atoms with Gasteiger partial charge in [-0.2, -0.15) is 0 Å². The van der Waals surface area contributed by atoms with E-state index >= 15 is 0 Å². The molecule has 20 heavy (non-hydrogen) atoms. The molecule has 0 fully saturated rings. The highest BCUT2D eigenvalue weighted by Crippen LogP contribution is 2.16. The molecule has 0 heterocycles. The molecule has 1 amide bonds. The van der Waals surface area contributed by atoms with Gasteiger partial charge in [0.25, 0.3) is 0 Å². The Hall–Kier alpha value is -2.43. The topological polar surface area (TPSA) is 49.3 Å². The summed E-state index contributed by atoms with van der Waals surface area (Å²) in [7, 11) is 0. The lowest BCUT2D eigenvalue weighted by atomic mass is 10.1. The summed E-state index contributed by atoms with van der Waals surface area (Å²) in [6.07, 6.45) is -0.0242. The van der Waals surface area contributed by atoms with Gasteiger partial charge in [-0.25, -0.2) is 8.78 Å². The van der Waals surface area contributed by atoms with Gasteiger partial charge in [-0.3, -0.25) is 4.79 Å². The fourth-order valence-electron chi connectivity index (χ4n) is 1.77. The van der Waals surface area contributed by atoms with Crippen LogP contribution in [0.1, 0.15) is 11.1 Å². The van der Waals surface area contributed by atoms with E-state index in [0.29, 0.717) is 5.56 Å². The van der Waals surface area contributed by atoms with Gasteiger partial charge in [0.1, 0.15) is 17.4 Å². The molecule has 0 aliphatic rings. The minimum absolute atomic E-state index is 0.0242. The zero-order valence-corrected chi connectivity index (χ0v) is 10.6. The molecule has 0 bridgehead atoms. The number of benzene rings is 2. The van der Waals surface area contributed by atoms with Gasteiger partial charge in [-0.05, 0) is 24.3 Å². The number of amides is 1. The Morgan fingerprint density at radius 1 is 1.10 bits per heavy atom. The predicted octanol–water partition coefficient (Wildman–Crippen LogP) is 2.53. The first-order valence-electron chi connectivity index (χ1n) is 6.04. The molecular weight excluding hydrogens is 264 g/mol. The molecule has 0 radical (unpaired) electrons. The summed E-state index contributed by atoms with van der Waals surface area (Å²) in [5, 5.41) is 12.0. The van der Waals surface area contributed by atoms with Crippen molar-refractivity contribution in [3.63, 3.8) is 0 Å². The van der Waals surface area contributed by atoms with Crippen molar-refractivity contribution in [1.82, 2.24) is 5.32 Å². The minimum atomic E-state index is -0.575. The SMILES string of the molecule is O=C(Cc1ccccc1O)NCc1cc(F)ccc1F. The van der Waals surface area contributed by atoms with E-state index in [2.05, 4.69) is 5.32 Å². The summed E-state index contributed by atoms with van der Waals surface area (Å²) in [5.74, 6) is -1.49. The van der Waals surface area contributed by atoms with Crippen LogP contribution in [0.25, 0.3) is 0 Å². The Labute approximate surface area is 114 Å². The Morgan fingerprint density at radius 3 is 2.60 bits per heavy atom. The standard InChI is InChI=1S/C15H13F2NO2/c16-12-5-6-13(17)11(7-12)9-18-15(20)8-10-3-1-2-4-14(10)19/h1-7,19H,8-9H2,(H,18,20). The molecule has 2 rings (SSSR count). The minimum Gasteiger partial charge on any atom is -0.508 e. The van der Waals surface area contributed by atoms with Crippen LogP contribution in [-0.4, -0.2) is 11.0 Å². The summed E-state index contributed by atoms with van der Waals surface area (Å²) in [4.78, 5) is 11.7. The molecule has 0 aliphatic heterocycles. The van der Waals surface area contributed by atoms with Crippen molar-refractivity contribution in [3.05, 3.63) is 65.2 Å². The number of carbonyl (C=O) groups is 1. The Bertz CT molecular complexity index is 629. The third kappa shape index (κ3) is 3.54. The predicted molar refractivity (Wildman–Crippen MR) is 70.0 cm³/mol. The van der Waals surface area contributed by atoms with Crippen LogP contribution in [0.3, 0.4) is 0 Å². The van der Waals surface area contributed by atoms with Gasteiger partial charge in [0.2, 0.25) is 5.91 Å². The first kappa shape index (κ1) is 14.0. The Balaban J connectivity index is 1.96. The van der Waals surface area contributed by atoms with Crippen LogP contribution in [0.5, 0.6) is 5.75 Å². The van der Waals surface area contributed by atoms with Gasteiger partial charge in [0, 0.05) is 17.7 Å². The summed E-state index contributed by atoms with van der Waals surface area (Å²) in [6.45, 7) is -0.101. The van der Waals surface area contributed by atoms with Crippen LogP contribution in [0.4, 0.5) is 8.78 Å². The summed E-state index contributed by atoms with van der Waals surface area (Å²) >= 11 is 0. The van der Waals surface area contributed by atoms with Crippen molar-refractivity contribution >= 4 is 5.91 Å². The number of aromatic hydroxyl groups is 1. The van der Waals surface area contributed by atoms with Crippen molar-refractivity contribution < 1.29 is 18.7 Å². The van der Waals surface area contributed by atoms with E-state index in [0.717, 1.165) is 18.2 Å². The molecule has 3 nitrogen and oxygen atoms in total. The second kappa shape index (κ2) is 6.14. The van der Waals surface area contributed by atoms with E-state index in [1.54, 1.807) is 18.2 Å². The van der Waals surface area contributed by atoms with Gasteiger partial charge in [-0.1, -0.05) is 18.2 Å². The fraction of sp³-hybridized carbons (Fsp3) is 0.133. The normalized spacial score (nSPS) is 10.3. The molecular formula is C15H13F2NO2. The number of phenols is 1. The fourth-order valence-corrected chi connectivity index (χ4v) is 1.77. The van der Waals surface area contributed by atoms with Crippen molar-refractivity contribution in [2.45, 2.75) is 13.0 Å². The molecule has 0 atom stereocenters. The van der Waals surface area contributed by atoms with Crippen molar-refractivity contribution in [3.8, 4) is 5.75 Å². The highest BCUT2D eigenvalue weighted by Gasteiger charge is 2.09. The van der Waals surface area contributed by atoms with Gasteiger partial charge in [-0.15, -0.1) is 0 Å². The molecule has 0 spiro atoms. The maximum Gasteiger partial charge on any atom is 0.224 e. The van der Waals surface area contributed by atoms with Crippen LogP contribution >= 0.6 is 0 Å². The smallest absolute Gasteiger partial charge is 0.224 e. The second-order valence-electron chi connectivity index (χ2n) is 4.32. The maximum atomic E-state index is 13.4. The summed E-state index contributed by atoms with van der Waals surface area (Å²) in [6, 6.07) is 9.53. The average Bonchev–Trinajstić information content (AvgIpc) is 2.42. The first-order chi connectivity index (χ1) is 9.56. The molecule has 0 aliphatic carbocycles. The molecule has 0 saturated heterocycles. The Kier molecular flexibility index (Phi) is 4.30. The second-order valence-corrected chi connectivity index (χ2v) is 4.32. The number of hydrogen-bond donors (Lipinski definition) is 2. The lowest BCUT2D eigenvalue weighted by Crippen LogP contribution is -2.25. The van der Waals surface area contributed by atoms with Gasteiger partial charge < -0.3 is 10.4 Å². The quantitative estimate of drug-likeness (QED) is 0.902. The van der Waals surface area contributed by atoms with Gasteiger partial charge in [0.15, 0.2) is 0 Å². The third-order valence-corrected chi connectivity index (χ3v) is 2.83. The summed E-state index contributed by atoms with van der Waals surface area (Å²) < 4.78 is 26.3. The largest absolute Gasteiger partial charge is 0.508 e. The van der Waals surface area contributed by atoms with Crippen LogP contribution in [-0.2, 0) is 17.8 Å². The average molecular weight is 277 g/mol. The molecule has 0 saturated carbocycles. The number of hydrogen-bond acceptors (Lipinski definition) is 2. The molecule has 2 aromatic rings. The lowest BCUT2D eigenvalue weighted by Gasteiger charge is -2.07. The number of halogens is 2. The van der Waals surface area contributed by atoms with Gasteiger partial charge in [0.05, 0.1) is 6.42 Å². The van der Waals surface area contributed by atoms with E-state index in [9.17, 15) is 18.7 Å². The van der Waals surface area contributed by atoms with Crippen molar-refractivity contribution in [1.29, 1.82) is 0 Å². The van der Waals surface area contributed by atoms with Crippen LogP contribution in [0.15, 0.2) is 42.5 Å². The zero-order valence-electron chi connectivity index (χ0n) is 10.6. The molecule has 2 N–H and O–H groups in total. The van der Waals surface area contributed by atoms with Crippen LogP contribution in [0.2, 0.25) is 0 Å². The highest BCUT2D eigenvalue weighted by atomic mass is 19.1. The van der Waals surface area contributed by atoms with E-state index in [1.807, 2.05) is 0 Å². The number of nitrogens with one attached hydrogen (secondary N) is 1. The third-order valence-electron chi connectivity index (χ3n) is 2.83. The number of carbonyl (C=O) groups excluding carboxylic acids is 1. The van der Waals surface area contributed by atoms with E-state index < -0.39 is 11.6 Å². The maximum absolute atomic E-state index is 13.4. The van der Waals surface area contributed by atoms with Crippen molar-refractivity contribution in [2.24, 2.45) is 0 Å². The van der Waals surface area contributed by atoms with E-state index in [-0.39, 0.29) is 30.2 Å². The number of rotatable bonds is 4. The van der Waals surface area contributed by atoms with E-state index in [4.69, 9.17) is 0 Å². The van der Waals surface area contributed by atoms with Crippen molar-refractivity contribution in [2.75, 3.05) is 0 Å². The van der Waals surface area contributed by atoms with Crippen LogP contribution < -0.4 is 5.32 Å². The number of phenolic OH excluding ortho intramolecular Hbond substituents is 1. The Morgan fingerprint density at radius 2 is 1.85 bits per heavy atom. The number of para-hydroxylation sites is 1. The molecule has 5 heteroatoms. The first-order valence-corrected chi connectivity index (χ1v) is 6.04. The molecule has 2 aromatic carbocycles. The molecule has 0 aromatic heterocycles. The van der Waals surface area contributed by atoms with Gasteiger partial charge >= 0.3 is 0 Å².